The minimum Gasteiger partial charge on any atom is -0.356 e. The molecule has 0 spiro atoms. The van der Waals surface area contributed by atoms with Gasteiger partial charge in [0.15, 0.2) is 0 Å². The molecule has 1 N–H and O–H groups in total. The number of carbonyl (C=O) groups excluding carboxylic acids is 1. The van der Waals surface area contributed by atoms with Crippen molar-refractivity contribution in [1.82, 2.24) is 14.5 Å². The van der Waals surface area contributed by atoms with Crippen LogP contribution in [0, 0.1) is 0 Å². The number of hydrogen-bond donors (Lipinski definition) is 1. The van der Waals surface area contributed by atoms with Crippen molar-refractivity contribution in [1.29, 1.82) is 0 Å². The largest absolute Gasteiger partial charge is 0.356 e. The van der Waals surface area contributed by atoms with Crippen LogP contribution in [-0.4, -0.2) is 33.5 Å². The van der Waals surface area contributed by atoms with Gasteiger partial charge in [0.2, 0.25) is 5.91 Å². The minimum absolute atomic E-state index is 0.0884. The van der Waals surface area contributed by atoms with Crippen molar-refractivity contribution < 1.29 is 4.79 Å². The van der Waals surface area contributed by atoms with E-state index in [2.05, 4.69) is 20.2 Å². The summed E-state index contributed by atoms with van der Waals surface area (Å²) in [5.41, 5.74) is 0. The van der Waals surface area contributed by atoms with Gasteiger partial charge in [-0.25, -0.2) is 9.97 Å². The van der Waals surface area contributed by atoms with E-state index in [0.29, 0.717) is 5.82 Å². The first-order chi connectivity index (χ1) is 10.3. The fraction of sp³-hybridized carbons (Fsp3) is 0.400. The van der Waals surface area contributed by atoms with E-state index in [4.69, 9.17) is 0 Å². The van der Waals surface area contributed by atoms with Crippen LogP contribution in [0.3, 0.4) is 0 Å². The fourth-order valence-corrected chi connectivity index (χ4v) is 2.54. The molecule has 3 heterocycles. The predicted molar refractivity (Wildman–Crippen MR) is 81.2 cm³/mol. The summed E-state index contributed by atoms with van der Waals surface area (Å²) in [4.78, 5) is 22.6. The second kappa shape index (κ2) is 6.39. The van der Waals surface area contributed by atoms with E-state index in [1.165, 1.54) is 25.6 Å². The monoisotopic (exact) mass is 285 g/mol. The van der Waals surface area contributed by atoms with Crippen LogP contribution in [0.5, 0.6) is 0 Å². The summed E-state index contributed by atoms with van der Waals surface area (Å²) in [6.45, 7) is 2.33. The van der Waals surface area contributed by atoms with Crippen molar-refractivity contribution in [3.63, 3.8) is 0 Å². The van der Waals surface area contributed by atoms with E-state index in [1.807, 2.05) is 35.2 Å². The number of aromatic nitrogens is 3. The third kappa shape index (κ3) is 3.59. The molecule has 1 amide bonds. The molecule has 0 radical (unpaired) electrons. The molecule has 0 saturated carbocycles. The van der Waals surface area contributed by atoms with Crippen LogP contribution in [0.4, 0.5) is 11.6 Å². The van der Waals surface area contributed by atoms with E-state index in [9.17, 15) is 4.79 Å². The number of anilines is 2. The molecule has 1 aliphatic rings. The van der Waals surface area contributed by atoms with Gasteiger partial charge in [0.1, 0.15) is 24.5 Å². The highest BCUT2D eigenvalue weighted by Crippen LogP contribution is 2.19. The number of carbonyl (C=O) groups is 1. The Morgan fingerprint density at radius 2 is 1.90 bits per heavy atom. The van der Waals surface area contributed by atoms with Crippen molar-refractivity contribution in [2.24, 2.45) is 0 Å². The van der Waals surface area contributed by atoms with Gasteiger partial charge in [-0.3, -0.25) is 4.79 Å². The standard InChI is InChI=1S/C15H19N5O/c21-15(11-19-6-4-5-7-19)18-13-10-14(17-12-16-13)20-8-2-1-3-9-20/h4-7,10,12H,1-3,8-9,11H2,(H,16,17,18,21). The van der Waals surface area contributed by atoms with Crippen LogP contribution in [-0.2, 0) is 11.3 Å². The average molecular weight is 285 g/mol. The van der Waals surface area contributed by atoms with Crippen LogP contribution in [0.1, 0.15) is 19.3 Å². The molecule has 6 nitrogen and oxygen atoms in total. The van der Waals surface area contributed by atoms with Gasteiger partial charge in [0.05, 0.1) is 0 Å². The molecule has 0 atom stereocenters. The lowest BCUT2D eigenvalue weighted by Crippen LogP contribution is -2.30. The van der Waals surface area contributed by atoms with Crippen LogP contribution >= 0.6 is 0 Å². The van der Waals surface area contributed by atoms with Crippen molar-refractivity contribution >= 4 is 17.5 Å². The van der Waals surface area contributed by atoms with Crippen LogP contribution in [0.25, 0.3) is 0 Å². The lowest BCUT2D eigenvalue weighted by Gasteiger charge is -2.27. The Labute approximate surface area is 123 Å². The normalized spacial score (nSPS) is 15.0. The molecule has 0 bridgehead atoms. The molecule has 1 saturated heterocycles. The molecular formula is C15H19N5O. The number of rotatable bonds is 4. The van der Waals surface area contributed by atoms with Gasteiger partial charge in [0, 0.05) is 31.5 Å². The van der Waals surface area contributed by atoms with Gasteiger partial charge in [0.25, 0.3) is 0 Å². The van der Waals surface area contributed by atoms with Gasteiger partial charge >= 0.3 is 0 Å². The summed E-state index contributed by atoms with van der Waals surface area (Å²) in [6, 6.07) is 5.64. The summed E-state index contributed by atoms with van der Waals surface area (Å²) in [5.74, 6) is 1.36. The lowest BCUT2D eigenvalue weighted by atomic mass is 10.1. The van der Waals surface area contributed by atoms with Crippen LogP contribution in [0.2, 0.25) is 0 Å². The Bertz CT molecular complexity index is 590. The van der Waals surface area contributed by atoms with E-state index in [0.717, 1.165) is 18.9 Å². The zero-order valence-corrected chi connectivity index (χ0v) is 11.9. The van der Waals surface area contributed by atoms with E-state index in [-0.39, 0.29) is 12.5 Å². The fourth-order valence-electron chi connectivity index (χ4n) is 2.54. The second-order valence-corrected chi connectivity index (χ2v) is 5.21. The number of hydrogen-bond acceptors (Lipinski definition) is 4. The maximum absolute atomic E-state index is 12.0. The summed E-state index contributed by atoms with van der Waals surface area (Å²) in [7, 11) is 0. The Hall–Kier alpha value is -2.37. The van der Waals surface area contributed by atoms with Gasteiger partial charge < -0.3 is 14.8 Å². The van der Waals surface area contributed by atoms with Gasteiger partial charge in [-0.2, -0.15) is 0 Å². The van der Waals surface area contributed by atoms with E-state index >= 15 is 0 Å². The molecule has 1 aliphatic heterocycles. The van der Waals surface area contributed by atoms with Crippen LogP contribution < -0.4 is 10.2 Å². The van der Waals surface area contributed by atoms with Crippen LogP contribution in [0.15, 0.2) is 36.9 Å². The molecule has 2 aromatic heterocycles. The smallest absolute Gasteiger partial charge is 0.245 e. The van der Waals surface area contributed by atoms with Gasteiger partial charge in [-0.1, -0.05) is 0 Å². The average Bonchev–Trinajstić information content (AvgIpc) is 3.01. The molecule has 21 heavy (non-hydrogen) atoms. The molecular weight excluding hydrogens is 266 g/mol. The molecule has 0 aliphatic carbocycles. The summed E-state index contributed by atoms with van der Waals surface area (Å²) in [6.07, 6.45) is 8.90. The summed E-state index contributed by atoms with van der Waals surface area (Å²) in [5, 5.41) is 2.82. The van der Waals surface area contributed by atoms with Gasteiger partial charge in [-0.15, -0.1) is 0 Å². The topological polar surface area (TPSA) is 63.1 Å². The number of nitrogens with zero attached hydrogens (tertiary/aromatic N) is 4. The minimum atomic E-state index is -0.0884. The third-order valence-corrected chi connectivity index (χ3v) is 3.59. The molecule has 0 aromatic carbocycles. The van der Waals surface area contributed by atoms with E-state index < -0.39 is 0 Å². The van der Waals surface area contributed by atoms with Crippen molar-refractivity contribution in [3.8, 4) is 0 Å². The summed E-state index contributed by atoms with van der Waals surface area (Å²) >= 11 is 0. The Balaban J connectivity index is 1.63. The number of amides is 1. The zero-order valence-electron chi connectivity index (χ0n) is 11.9. The molecule has 2 aromatic rings. The quantitative estimate of drug-likeness (QED) is 0.932. The third-order valence-electron chi connectivity index (χ3n) is 3.59. The highest BCUT2D eigenvalue weighted by molar-refractivity contribution is 5.89. The first-order valence-electron chi connectivity index (χ1n) is 7.29. The molecule has 0 unspecified atom stereocenters. The Kier molecular flexibility index (Phi) is 4.14. The highest BCUT2D eigenvalue weighted by atomic mass is 16.2. The second-order valence-electron chi connectivity index (χ2n) is 5.21. The number of piperidine rings is 1. The zero-order chi connectivity index (χ0) is 14.5. The maximum Gasteiger partial charge on any atom is 0.245 e. The van der Waals surface area contributed by atoms with Gasteiger partial charge in [-0.05, 0) is 31.4 Å². The number of nitrogens with one attached hydrogen (secondary N) is 1. The molecule has 1 fully saturated rings. The first-order valence-corrected chi connectivity index (χ1v) is 7.29. The molecule has 6 heteroatoms. The molecule has 3 rings (SSSR count). The predicted octanol–water partition coefficient (Wildman–Crippen LogP) is 1.91. The van der Waals surface area contributed by atoms with Crippen molar-refractivity contribution in [2.75, 3.05) is 23.3 Å². The van der Waals surface area contributed by atoms with Crippen molar-refractivity contribution in [3.05, 3.63) is 36.9 Å². The highest BCUT2D eigenvalue weighted by Gasteiger charge is 2.13. The van der Waals surface area contributed by atoms with E-state index in [1.54, 1.807) is 0 Å². The Morgan fingerprint density at radius 1 is 1.14 bits per heavy atom. The first kappa shape index (κ1) is 13.6. The van der Waals surface area contributed by atoms with Crippen molar-refractivity contribution in [2.45, 2.75) is 25.8 Å². The SMILES string of the molecule is O=C(Cn1cccc1)Nc1cc(N2CCCCC2)ncn1. The lowest BCUT2D eigenvalue weighted by molar-refractivity contribution is -0.116. The molecule has 110 valence electrons. The summed E-state index contributed by atoms with van der Waals surface area (Å²) < 4.78 is 1.82. The maximum atomic E-state index is 12.0. The Morgan fingerprint density at radius 3 is 2.67 bits per heavy atom.